The summed E-state index contributed by atoms with van der Waals surface area (Å²) in [6, 6.07) is 2.46. The molecule has 14 heteroatoms. The van der Waals surface area contributed by atoms with Crippen LogP contribution in [0.15, 0.2) is 18.2 Å². The van der Waals surface area contributed by atoms with Gasteiger partial charge in [-0.15, -0.1) is 0 Å². The molecule has 6 unspecified atom stereocenters. The van der Waals surface area contributed by atoms with Gasteiger partial charge in [0.15, 0.2) is 5.78 Å². The number of nitrogens with two attached hydrogens (primary N) is 1. The van der Waals surface area contributed by atoms with Gasteiger partial charge in [0, 0.05) is 40.6 Å². The van der Waals surface area contributed by atoms with Crippen LogP contribution in [0.4, 0.5) is 0 Å². The van der Waals surface area contributed by atoms with Gasteiger partial charge >= 0.3 is 11.9 Å². The molecule has 1 aromatic carbocycles. The first-order chi connectivity index (χ1) is 19.5. The number of aliphatic carboxylic acids is 2. The molecule has 0 radical (unpaired) electrons. The summed E-state index contributed by atoms with van der Waals surface area (Å²) < 4.78 is 5.42. The number of carboxylic acid groups (broad SMARTS) is 2. The number of ether oxygens (including phenoxy) is 1. The van der Waals surface area contributed by atoms with Crippen LogP contribution < -0.4 is 21.1 Å². The highest BCUT2D eigenvalue weighted by Gasteiger charge is 2.63. The lowest BCUT2D eigenvalue weighted by Gasteiger charge is -2.56. The Morgan fingerprint density at radius 1 is 1.17 bits per heavy atom. The van der Waals surface area contributed by atoms with Crippen LogP contribution in [-0.2, 0) is 34.2 Å². The first-order valence-corrected chi connectivity index (χ1v) is 14.4. The predicted octanol–water partition coefficient (Wildman–Crippen LogP) is 0.164. The molecular weight excluding hydrogens is 570 g/mol. The largest absolute Gasteiger partial charge is 0.497 e. The van der Waals surface area contributed by atoms with Gasteiger partial charge in [-0.1, -0.05) is 26.8 Å². The molecule has 3 rings (SSSR count). The van der Waals surface area contributed by atoms with Crippen LogP contribution in [0.3, 0.4) is 0 Å². The number of carbonyl (C=O) groups is 6. The minimum absolute atomic E-state index is 0.0234. The molecular formula is C28H37N3O10S. The van der Waals surface area contributed by atoms with Crippen molar-refractivity contribution in [2.24, 2.45) is 17.1 Å². The van der Waals surface area contributed by atoms with E-state index in [4.69, 9.17) is 20.7 Å². The number of rotatable bonds is 12. The van der Waals surface area contributed by atoms with Crippen molar-refractivity contribution in [2.75, 3.05) is 19.4 Å². The van der Waals surface area contributed by atoms with E-state index in [9.17, 15) is 33.9 Å². The van der Waals surface area contributed by atoms with Crippen molar-refractivity contribution >= 4 is 47.1 Å². The zero-order chi connectivity index (χ0) is 31.6. The highest BCUT2D eigenvalue weighted by Crippen LogP contribution is 2.59. The van der Waals surface area contributed by atoms with E-state index < -0.39 is 76.3 Å². The molecule has 2 amide bonds. The molecule has 1 aromatic rings. The van der Waals surface area contributed by atoms with Crippen LogP contribution in [0.25, 0.3) is 0 Å². The average molecular weight is 608 g/mol. The standard InChI is InChI=1S/C28H37N3O10S/c1-27(2)18(32)10-19(28(3)15-9-13(41-4)5-6-14(15)22(36)23(37)24(27)28)42-12-17(25(38)30-11-21(34)35)31-20(33)8-7-16(29)26(39)40/h5-6,9,16-17,19,22,24,36H,7-8,10-12,29H2,1-4H3,(H,30,38)(H,31,33)(H,34,35)(H,39,40). The van der Waals surface area contributed by atoms with Gasteiger partial charge in [-0.25, -0.2) is 0 Å². The number of benzene rings is 1. The fraction of sp³-hybridized carbons (Fsp3) is 0.571. The third-order valence-electron chi connectivity index (χ3n) is 8.30. The summed E-state index contributed by atoms with van der Waals surface area (Å²) in [5, 5.41) is 33.1. The van der Waals surface area contributed by atoms with Crippen molar-refractivity contribution in [3.05, 3.63) is 29.3 Å². The van der Waals surface area contributed by atoms with E-state index in [0.717, 1.165) is 0 Å². The number of methoxy groups -OCH3 is 1. The molecule has 0 spiro atoms. The number of carboxylic acids is 2. The van der Waals surface area contributed by atoms with Crippen molar-refractivity contribution in [2.45, 2.75) is 68.9 Å². The lowest BCUT2D eigenvalue weighted by atomic mass is 9.49. The van der Waals surface area contributed by atoms with E-state index >= 15 is 0 Å². The Kier molecular flexibility index (Phi) is 10.1. The number of hydrogen-bond acceptors (Lipinski definition) is 10. The molecule has 0 saturated heterocycles. The van der Waals surface area contributed by atoms with Crippen LogP contribution in [0.5, 0.6) is 5.75 Å². The second kappa shape index (κ2) is 12.8. The molecule has 0 aromatic heterocycles. The lowest BCUT2D eigenvalue weighted by Crippen LogP contribution is -2.62. The average Bonchev–Trinajstić information content (AvgIpc) is 2.93. The van der Waals surface area contributed by atoms with Crippen LogP contribution in [0.1, 0.15) is 57.3 Å². The highest BCUT2D eigenvalue weighted by atomic mass is 32.2. The summed E-state index contributed by atoms with van der Waals surface area (Å²) in [5.74, 6) is -5.25. The molecule has 0 bridgehead atoms. The van der Waals surface area contributed by atoms with Gasteiger partial charge in [0.2, 0.25) is 11.8 Å². The Bertz CT molecular complexity index is 1280. The highest BCUT2D eigenvalue weighted by molar-refractivity contribution is 8.00. The number of aliphatic hydroxyl groups excluding tert-OH is 1. The van der Waals surface area contributed by atoms with E-state index in [1.165, 1.54) is 18.9 Å². The predicted molar refractivity (Wildman–Crippen MR) is 151 cm³/mol. The molecule has 0 aliphatic heterocycles. The number of amides is 2. The number of hydrogen-bond donors (Lipinski definition) is 6. The van der Waals surface area contributed by atoms with Crippen molar-refractivity contribution in [3.8, 4) is 5.75 Å². The van der Waals surface area contributed by atoms with Gasteiger partial charge in [0.05, 0.1) is 7.11 Å². The number of ketones is 2. The maximum Gasteiger partial charge on any atom is 0.322 e. The zero-order valence-corrected chi connectivity index (χ0v) is 24.7. The summed E-state index contributed by atoms with van der Waals surface area (Å²) in [7, 11) is 1.48. The Balaban J connectivity index is 1.96. The molecule has 6 atom stereocenters. The minimum Gasteiger partial charge on any atom is -0.497 e. The molecule has 42 heavy (non-hydrogen) atoms. The van der Waals surface area contributed by atoms with Gasteiger partial charge in [-0.2, -0.15) is 11.8 Å². The van der Waals surface area contributed by atoms with E-state index in [1.807, 2.05) is 6.92 Å². The number of nitrogens with one attached hydrogen (secondary N) is 2. The first kappa shape index (κ1) is 33.0. The normalized spacial score (nSPS) is 25.8. The summed E-state index contributed by atoms with van der Waals surface area (Å²) >= 11 is 1.17. The van der Waals surface area contributed by atoms with E-state index in [2.05, 4.69) is 10.6 Å². The summed E-state index contributed by atoms with van der Waals surface area (Å²) in [6.45, 7) is 4.50. The summed E-state index contributed by atoms with van der Waals surface area (Å²) in [6.07, 6.45) is -1.90. The number of thioether (sulfide) groups is 1. The van der Waals surface area contributed by atoms with E-state index in [-0.39, 0.29) is 30.8 Å². The third-order valence-corrected chi connectivity index (χ3v) is 9.88. The van der Waals surface area contributed by atoms with Crippen LogP contribution in [-0.4, -0.2) is 87.4 Å². The number of Topliss-reactive ketones (excluding diaryl/α,β-unsaturated/α-hetero) is 2. The molecule has 13 nitrogen and oxygen atoms in total. The van der Waals surface area contributed by atoms with Gasteiger partial charge in [-0.05, 0) is 29.7 Å². The smallest absolute Gasteiger partial charge is 0.322 e. The molecule has 7 N–H and O–H groups in total. The number of carbonyl (C=O) groups excluding carboxylic acids is 4. The van der Waals surface area contributed by atoms with Gasteiger partial charge < -0.3 is 36.4 Å². The second-order valence-corrected chi connectivity index (χ2v) is 12.6. The number of fused-ring (bicyclic) bond motifs is 3. The maximum atomic E-state index is 13.6. The van der Waals surface area contributed by atoms with Gasteiger partial charge in [-0.3, -0.25) is 28.8 Å². The maximum absolute atomic E-state index is 13.6. The Labute approximate surface area is 246 Å². The van der Waals surface area contributed by atoms with E-state index in [0.29, 0.717) is 16.9 Å². The second-order valence-electron chi connectivity index (χ2n) is 11.4. The summed E-state index contributed by atoms with van der Waals surface area (Å²) in [4.78, 5) is 74.6. The van der Waals surface area contributed by atoms with Crippen LogP contribution >= 0.6 is 11.8 Å². The topological polar surface area (TPSA) is 222 Å². The molecule has 1 saturated carbocycles. The SMILES string of the molecule is COc1ccc2c(c1)C1(C)C(SCC(NC(=O)CCC(N)C(=O)O)C(=O)NCC(=O)O)CC(=O)C(C)(C)C1C(=O)C2O. The van der Waals surface area contributed by atoms with Gasteiger partial charge in [0.25, 0.3) is 0 Å². The Morgan fingerprint density at radius 2 is 1.83 bits per heavy atom. The third kappa shape index (κ3) is 6.45. The van der Waals surface area contributed by atoms with Gasteiger partial charge in [0.1, 0.15) is 36.3 Å². The molecule has 0 heterocycles. The van der Waals surface area contributed by atoms with Crippen molar-refractivity contribution in [1.82, 2.24) is 10.6 Å². The minimum atomic E-state index is -1.44. The molecule has 230 valence electrons. The quantitative estimate of drug-likeness (QED) is 0.187. The molecule has 2 aliphatic carbocycles. The van der Waals surface area contributed by atoms with Crippen molar-refractivity contribution in [3.63, 3.8) is 0 Å². The summed E-state index contributed by atoms with van der Waals surface area (Å²) in [5.41, 5.74) is 4.39. The van der Waals surface area contributed by atoms with Crippen molar-refractivity contribution < 1.29 is 48.8 Å². The first-order valence-electron chi connectivity index (χ1n) is 13.4. The van der Waals surface area contributed by atoms with Crippen molar-refractivity contribution in [1.29, 1.82) is 0 Å². The van der Waals surface area contributed by atoms with E-state index in [1.54, 1.807) is 32.0 Å². The van der Waals surface area contributed by atoms with Crippen LogP contribution in [0, 0.1) is 11.3 Å². The monoisotopic (exact) mass is 607 g/mol. The number of aliphatic hydroxyl groups is 1. The fourth-order valence-electron chi connectivity index (χ4n) is 5.99. The Hall–Kier alpha value is -3.49. The Morgan fingerprint density at radius 3 is 2.43 bits per heavy atom. The molecule has 2 aliphatic rings. The van der Waals surface area contributed by atoms with Crippen LogP contribution in [0.2, 0.25) is 0 Å². The fourth-order valence-corrected chi connectivity index (χ4v) is 7.53. The zero-order valence-electron chi connectivity index (χ0n) is 23.8. The lowest BCUT2D eigenvalue weighted by molar-refractivity contribution is -0.152. The molecule has 1 fully saturated rings.